The first-order chi connectivity index (χ1) is 12.7. The van der Waals surface area contributed by atoms with Crippen LogP contribution < -0.4 is 5.32 Å². The van der Waals surface area contributed by atoms with E-state index in [1.807, 2.05) is 31.2 Å². The van der Waals surface area contributed by atoms with Crippen molar-refractivity contribution < 1.29 is 23.5 Å². The summed E-state index contributed by atoms with van der Waals surface area (Å²) in [7, 11) is 0. The molecule has 0 bridgehead atoms. The Morgan fingerprint density at radius 1 is 1.26 bits per heavy atom. The molecule has 1 aromatic heterocycles. The second-order valence-electron chi connectivity index (χ2n) is 6.89. The maximum Gasteiger partial charge on any atom is 0.327 e. The minimum absolute atomic E-state index is 0.122. The molecule has 0 unspecified atom stereocenters. The highest BCUT2D eigenvalue weighted by Gasteiger charge is 2.45. The van der Waals surface area contributed by atoms with Crippen molar-refractivity contribution in [1.29, 1.82) is 0 Å². The normalized spacial score (nSPS) is 17.0. The van der Waals surface area contributed by atoms with Crippen LogP contribution in [0.5, 0.6) is 0 Å². The monoisotopic (exact) mass is 372 g/mol. The van der Waals surface area contributed by atoms with E-state index in [-0.39, 0.29) is 5.89 Å². The molecule has 1 saturated heterocycles. The molecule has 1 aliphatic rings. The molecule has 1 fully saturated rings. The number of imide groups is 1. The summed E-state index contributed by atoms with van der Waals surface area (Å²) in [4.78, 5) is 36.9. The molecule has 1 aromatic carbocycles. The van der Waals surface area contributed by atoms with Crippen LogP contribution in [0.25, 0.3) is 11.5 Å². The van der Waals surface area contributed by atoms with Crippen LogP contribution in [0.1, 0.15) is 38.3 Å². The minimum atomic E-state index is -1.04. The van der Waals surface area contributed by atoms with Gasteiger partial charge in [-0.05, 0) is 39.8 Å². The molecular formula is C18H20N4O5. The number of hydrogen-bond acceptors (Lipinski definition) is 7. The predicted molar refractivity (Wildman–Crippen MR) is 93.3 cm³/mol. The highest BCUT2D eigenvalue weighted by molar-refractivity contribution is 6.08. The molecule has 3 amide bonds. The van der Waals surface area contributed by atoms with E-state index < -0.39 is 36.1 Å². The number of esters is 1. The molecular weight excluding hydrogens is 352 g/mol. The van der Waals surface area contributed by atoms with Crippen LogP contribution in [0.15, 0.2) is 28.7 Å². The molecule has 27 heavy (non-hydrogen) atoms. The molecule has 2 aromatic rings. The lowest BCUT2D eigenvalue weighted by Gasteiger charge is -2.16. The second kappa shape index (κ2) is 6.82. The summed E-state index contributed by atoms with van der Waals surface area (Å²) in [5.41, 5.74) is 0.808. The molecule has 9 nitrogen and oxygen atoms in total. The van der Waals surface area contributed by atoms with Crippen LogP contribution in [0.4, 0.5) is 4.79 Å². The van der Waals surface area contributed by atoms with Crippen molar-refractivity contribution in [3.8, 4) is 11.5 Å². The zero-order chi connectivity index (χ0) is 19.8. The molecule has 0 aliphatic carbocycles. The van der Waals surface area contributed by atoms with Crippen molar-refractivity contribution in [2.45, 2.75) is 39.3 Å². The van der Waals surface area contributed by atoms with Crippen LogP contribution in [0.3, 0.4) is 0 Å². The van der Waals surface area contributed by atoms with Crippen molar-refractivity contribution in [2.75, 3.05) is 6.54 Å². The third kappa shape index (κ3) is 3.81. The number of aryl methyl sites for hydroxylation is 1. The fourth-order valence-corrected chi connectivity index (χ4v) is 2.59. The van der Waals surface area contributed by atoms with E-state index in [0.717, 1.165) is 16.0 Å². The number of carbonyl (C=O) groups excluding carboxylic acids is 3. The van der Waals surface area contributed by atoms with E-state index in [0.29, 0.717) is 5.89 Å². The van der Waals surface area contributed by atoms with Gasteiger partial charge in [-0.3, -0.25) is 14.5 Å². The van der Waals surface area contributed by atoms with Gasteiger partial charge >= 0.3 is 12.0 Å². The third-order valence-electron chi connectivity index (χ3n) is 4.13. The molecule has 9 heteroatoms. The number of benzene rings is 1. The summed E-state index contributed by atoms with van der Waals surface area (Å²) in [5, 5.41) is 10.4. The summed E-state index contributed by atoms with van der Waals surface area (Å²) < 4.78 is 10.8. The van der Waals surface area contributed by atoms with Gasteiger partial charge in [0.1, 0.15) is 12.1 Å². The highest BCUT2D eigenvalue weighted by Crippen LogP contribution is 2.23. The van der Waals surface area contributed by atoms with Gasteiger partial charge < -0.3 is 14.5 Å². The zero-order valence-corrected chi connectivity index (χ0v) is 15.5. The van der Waals surface area contributed by atoms with E-state index in [2.05, 4.69) is 15.5 Å². The number of nitrogens with one attached hydrogen (secondary N) is 1. The first-order valence-corrected chi connectivity index (χ1v) is 8.41. The van der Waals surface area contributed by atoms with Gasteiger partial charge in [0.2, 0.25) is 5.89 Å². The van der Waals surface area contributed by atoms with Crippen molar-refractivity contribution in [1.82, 2.24) is 20.4 Å². The van der Waals surface area contributed by atoms with Gasteiger partial charge in [-0.15, -0.1) is 10.2 Å². The van der Waals surface area contributed by atoms with Gasteiger partial charge in [0.25, 0.3) is 11.8 Å². The standard InChI is InChI=1S/C18H20N4O5/c1-10-5-7-12(8-6-10)15-21-20-14(27-15)11(2)26-13(23)9-22-16(24)18(3,4)19-17(22)25/h5-8,11H,9H2,1-4H3,(H,19,25)/t11-/m0/s1. The zero-order valence-electron chi connectivity index (χ0n) is 15.5. The van der Waals surface area contributed by atoms with Crippen LogP contribution in [0.2, 0.25) is 0 Å². The van der Waals surface area contributed by atoms with Gasteiger partial charge in [-0.1, -0.05) is 17.7 Å². The molecule has 0 saturated carbocycles. The fourth-order valence-electron chi connectivity index (χ4n) is 2.59. The van der Waals surface area contributed by atoms with Crippen LogP contribution >= 0.6 is 0 Å². The van der Waals surface area contributed by atoms with E-state index in [9.17, 15) is 14.4 Å². The Morgan fingerprint density at radius 2 is 1.93 bits per heavy atom. The average Bonchev–Trinajstić information content (AvgIpc) is 3.15. The quantitative estimate of drug-likeness (QED) is 0.630. The van der Waals surface area contributed by atoms with Crippen LogP contribution in [-0.2, 0) is 14.3 Å². The summed E-state index contributed by atoms with van der Waals surface area (Å²) in [6.07, 6.45) is -0.821. The maximum atomic E-state index is 12.1. The van der Waals surface area contributed by atoms with Gasteiger partial charge in [0, 0.05) is 5.56 Å². The van der Waals surface area contributed by atoms with Gasteiger partial charge in [-0.25, -0.2) is 4.79 Å². The molecule has 1 aliphatic heterocycles. The Kier molecular flexibility index (Phi) is 4.69. The lowest BCUT2D eigenvalue weighted by atomic mass is 10.1. The Balaban J connectivity index is 1.63. The first kappa shape index (κ1) is 18.6. The number of carbonyl (C=O) groups is 3. The fraction of sp³-hybridized carbons (Fsp3) is 0.389. The Labute approximate surface area is 155 Å². The number of urea groups is 1. The first-order valence-electron chi connectivity index (χ1n) is 8.41. The predicted octanol–water partition coefficient (Wildman–Crippen LogP) is 1.98. The molecule has 0 radical (unpaired) electrons. The van der Waals surface area contributed by atoms with Crippen LogP contribution in [0, 0.1) is 6.92 Å². The Morgan fingerprint density at radius 3 is 2.52 bits per heavy atom. The van der Waals surface area contributed by atoms with E-state index >= 15 is 0 Å². The van der Waals surface area contributed by atoms with E-state index in [4.69, 9.17) is 9.15 Å². The number of hydrogen-bond donors (Lipinski definition) is 1. The topological polar surface area (TPSA) is 115 Å². The van der Waals surface area contributed by atoms with Crippen molar-refractivity contribution in [2.24, 2.45) is 0 Å². The molecule has 0 spiro atoms. The number of nitrogens with zero attached hydrogens (tertiary/aromatic N) is 3. The number of aromatic nitrogens is 2. The molecule has 2 heterocycles. The number of ether oxygens (including phenoxy) is 1. The van der Waals surface area contributed by atoms with Gasteiger partial charge in [-0.2, -0.15) is 0 Å². The molecule has 1 N–H and O–H groups in total. The SMILES string of the molecule is Cc1ccc(-c2nnc([C@H](C)OC(=O)CN3C(=O)NC(C)(C)C3=O)o2)cc1. The van der Waals surface area contributed by atoms with Crippen molar-refractivity contribution in [3.63, 3.8) is 0 Å². The van der Waals surface area contributed by atoms with Crippen molar-refractivity contribution >= 4 is 17.9 Å². The van der Waals surface area contributed by atoms with E-state index in [1.165, 1.54) is 0 Å². The number of rotatable bonds is 5. The smallest absolute Gasteiger partial charge is 0.327 e. The second-order valence-corrected chi connectivity index (χ2v) is 6.89. The molecule has 1 atom stereocenters. The average molecular weight is 372 g/mol. The highest BCUT2D eigenvalue weighted by atomic mass is 16.6. The minimum Gasteiger partial charge on any atom is -0.451 e. The molecule has 142 valence electrons. The van der Waals surface area contributed by atoms with E-state index in [1.54, 1.807) is 20.8 Å². The number of amides is 3. The third-order valence-corrected chi connectivity index (χ3v) is 4.13. The Hall–Kier alpha value is -3.23. The summed E-state index contributed by atoms with van der Waals surface area (Å²) in [6, 6.07) is 6.91. The lowest BCUT2D eigenvalue weighted by Crippen LogP contribution is -2.41. The summed E-state index contributed by atoms with van der Waals surface area (Å²) >= 11 is 0. The summed E-state index contributed by atoms with van der Waals surface area (Å²) in [6.45, 7) is 6.17. The Bertz CT molecular complexity index is 887. The molecule has 3 rings (SSSR count). The lowest BCUT2D eigenvalue weighted by molar-refractivity contribution is -0.152. The van der Waals surface area contributed by atoms with Gasteiger partial charge in [0.05, 0.1) is 0 Å². The largest absolute Gasteiger partial charge is 0.451 e. The van der Waals surface area contributed by atoms with Crippen LogP contribution in [-0.4, -0.2) is 45.1 Å². The maximum absolute atomic E-state index is 12.1. The summed E-state index contributed by atoms with van der Waals surface area (Å²) in [5.74, 6) is -0.810. The van der Waals surface area contributed by atoms with Gasteiger partial charge in [0.15, 0.2) is 6.10 Å². The van der Waals surface area contributed by atoms with Crippen molar-refractivity contribution in [3.05, 3.63) is 35.7 Å².